The van der Waals surface area contributed by atoms with Crippen molar-refractivity contribution in [3.8, 4) is 11.5 Å². The summed E-state index contributed by atoms with van der Waals surface area (Å²) in [6.45, 7) is 11.9. The van der Waals surface area contributed by atoms with Gasteiger partial charge in [0.15, 0.2) is 0 Å². The fourth-order valence-electron chi connectivity index (χ4n) is 2.70. The fourth-order valence-corrected chi connectivity index (χ4v) is 2.70. The summed E-state index contributed by atoms with van der Waals surface area (Å²) in [6.07, 6.45) is 0. The maximum atomic E-state index is 12.5. The van der Waals surface area contributed by atoms with Crippen molar-refractivity contribution in [2.24, 2.45) is 0 Å². The van der Waals surface area contributed by atoms with E-state index in [0.717, 1.165) is 0 Å². The zero-order valence-electron chi connectivity index (χ0n) is 15.8. The van der Waals surface area contributed by atoms with Crippen molar-refractivity contribution in [2.45, 2.75) is 52.4 Å². The zero-order chi connectivity index (χ0) is 19.0. The van der Waals surface area contributed by atoms with Gasteiger partial charge in [-0.05, 0) is 29.0 Å². The summed E-state index contributed by atoms with van der Waals surface area (Å²) in [7, 11) is 0. The average molecular weight is 341 g/mol. The summed E-state index contributed by atoms with van der Waals surface area (Å²) in [6, 6.07) is 10.5. The largest absolute Gasteiger partial charge is 0.505 e. The number of hydrogen-bond acceptors (Lipinski definition) is 3. The molecule has 0 fully saturated rings. The van der Waals surface area contributed by atoms with E-state index in [9.17, 15) is 15.0 Å². The lowest BCUT2D eigenvalue weighted by atomic mass is 9.79. The molecule has 0 radical (unpaired) electrons. The highest BCUT2D eigenvalue weighted by Crippen LogP contribution is 2.47. The summed E-state index contributed by atoms with van der Waals surface area (Å²) in [5.74, 6) is -0.568. The van der Waals surface area contributed by atoms with Crippen LogP contribution in [0.5, 0.6) is 11.5 Å². The standard InChI is InChI=1S/C21H27NO3/c1-20(2,3)14-12-15(21(4,5)6)18(24)16(17(14)23)22-19(25)13-10-8-7-9-11-13/h7-12,23-24H,1-6H3,(H,22,25). The van der Waals surface area contributed by atoms with Crippen LogP contribution in [0.25, 0.3) is 0 Å². The Bertz CT molecular complexity index is 743. The lowest BCUT2D eigenvalue weighted by molar-refractivity contribution is 0.102. The Balaban J connectivity index is 2.62. The van der Waals surface area contributed by atoms with Gasteiger partial charge in [0.2, 0.25) is 0 Å². The van der Waals surface area contributed by atoms with Gasteiger partial charge in [0.25, 0.3) is 5.91 Å². The quantitative estimate of drug-likeness (QED) is 0.677. The van der Waals surface area contributed by atoms with Crippen molar-refractivity contribution in [1.29, 1.82) is 0 Å². The summed E-state index contributed by atoms with van der Waals surface area (Å²) in [5.41, 5.74) is 1.19. The van der Waals surface area contributed by atoms with Gasteiger partial charge in [-0.1, -0.05) is 59.7 Å². The highest BCUT2D eigenvalue weighted by molar-refractivity contribution is 6.06. The van der Waals surface area contributed by atoms with Gasteiger partial charge in [0, 0.05) is 16.7 Å². The second kappa shape index (κ2) is 6.43. The van der Waals surface area contributed by atoms with E-state index in [1.165, 1.54) is 0 Å². The van der Waals surface area contributed by atoms with E-state index in [0.29, 0.717) is 16.7 Å². The molecule has 1 amide bonds. The van der Waals surface area contributed by atoms with Crippen LogP contribution in [0.1, 0.15) is 63.0 Å². The van der Waals surface area contributed by atoms with Crippen molar-refractivity contribution >= 4 is 11.6 Å². The first kappa shape index (κ1) is 18.8. The monoisotopic (exact) mass is 341 g/mol. The molecule has 4 heteroatoms. The molecule has 0 atom stereocenters. The predicted octanol–water partition coefficient (Wildman–Crippen LogP) is 4.95. The first-order valence-electron chi connectivity index (χ1n) is 8.39. The number of anilines is 1. The van der Waals surface area contributed by atoms with Crippen LogP contribution in [-0.2, 0) is 10.8 Å². The van der Waals surface area contributed by atoms with Gasteiger partial charge in [0.1, 0.15) is 17.2 Å². The molecular weight excluding hydrogens is 314 g/mol. The molecule has 0 aliphatic rings. The average Bonchev–Trinajstić information content (AvgIpc) is 2.49. The summed E-state index contributed by atoms with van der Waals surface area (Å²) < 4.78 is 0. The minimum Gasteiger partial charge on any atom is -0.505 e. The number of nitrogens with one attached hydrogen (secondary N) is 1. The van der Waals surface area contributed by atoms with Crippen LogP contribution in [-0.4, -0.2) is 16.1 Å². The van der Waals surface area contributed by atoms with E-state index < -0.39 is 0 Å². The molecule has 0 aromatic heterocycles. The molecule has 0 saturated heterocycles. The number of benzene rings is 2. The third-order valence-corrected chi connectivity index (χ3v) is 4.16. The predicted molar refractivity (Wildman–Crippen MR) is 102 cm³/mol. The topological polar surface area (TPSA) is 69.6 Å². The number of carbonyl (C=O) groups is 1. The van der Waals surface area contributed by atoms with Gasteiger partial charge in [-0.3, -0.25) is 4.79 Å². The van der Waals surface area contributed by atoms with E-state index in [1.807, 2.05) is 53.7 Å². The van der Waals surface area contributed by atoms with Crippen molar-refractivity contribution in [1.82, 2.24) is 0 Å². The molecule has 0 saturated carbocycles. The molecule has 0 heterocycles. The lowest BCUT2D eigenvalue weighted by Gasteiger charge is -2.28. The minimum atomic E-state index is -0.378. The van der Waals surface area contributed by atoms with E-state index in [-0.39, 0.29) is 33.9 Å². The second-order valence-electron chi connectivity index (χ2n) is 8.36. The third-order valence-electron chi connectivity index (χ3n) is 4.16. The summed E-state index contributed by atoms with van der Waals surface area (Å²) in [5, 5.41) is 24.1. The molecule has 0 aliphatic carbocycles. The van der Waals surface area contributed by atoms with Crippen LogP contribution in [0.4, 0.5) is 5.69 Å². The third kappa shape index (κ3) is 3.95. The molecule has 2 aromatic rings. The smallest absolute Gasteiger partial charge is 0.255 e. The zero-order valence-corrected chi connectivity index (χ0v) is 15.8. The fraction of sp³-hybridized carbons (Fsp3) is 0.381. The number of phenolic OH excluding ortho intramolecular Hbond substituents is 2. The number of aromatic hydroxyl groups is 2. The van der Waals surface area contributed by atoms with Gasteiger partial charge >= 0.3 is 0 Å². The molecular formula is C21H27NO3. The van der Waals surface area contributed by atoms with E-state index in [4.69, 9.17) is 0 Å². The summed E-state index contributed by atoms with van der Waals surface area (Å²) >= 11 is 0. The number of rotatable bonds is 2. The SMILES string of the molecule is CC(C)(C)c1cc(C(C)(C)C)c(O)c(NC(=O)c2ccccc2)c1O. The molecule has 25 heavy (non-hydrogen) atoms. The van der Waals surface area contributed by atoms with Crippen LogP contribution >= 0.6 is 0 Å². The van der Waals surface area contributed by atoms with Crippen molar-refractivity contribution in [3.05, 3.63) is 53.1 Å². The van der Waals surface area contributed by atoms with Crippen LogP contribution in [0.15, 0.2) is 36.4 Å². The maximum Gasteiger partial charge on any atom is 0.255 e. The second-order valence-corrected chi connectivity index (χ2v) is 8.36. The Hall–Kier alpha value is -2.49. The number of hydrogen-bond donors (Lipinski definition) is 3. The summed E-state index contributed by atoms with van der Waals surface area (Å²) in [4.78, 5) is 12.5. The molecule has 0 bridgehead atoms. The molecule has 0 spiro atoms. The first-order chi connectivity index (χ1) is 11.4. The molecule has 4 nitrogen and oxygen atoms in total. The normalized spacial score (nSPS) is 12.1. The Kier molecular flexibility index (Phi) is 4.85. The molecule has 0 aliphatic heterocycles. The van der Waals surface area contributed by atoms with Crippen LogP contribution in [0, 0.1) is 0 Å². The van der Waals surface area contributed by atoms with Gasteiger partial charge < -0.3 is 15.5 Å². The maximum absolute atomic E-state index is 12.5. The molecule has 3 N–H and O–H groups in total. The molecule has 134 valence electrons. The lowest BCUT2D eigenvalue weighted by Crippen LogP contribution is -2.19. The van der Waals surface area contributed by atoms with Gasteiger partial charge in [-0.25, -0.2) is 0 Å². The van der Waals surface area contributed by atoms with Gasteiger partial charge in [-0.2, -0.15) is 0 Å². The highest BCUT2D eigenvalue weighted by Gasteiger charge is 2.30. The molecule has 0 unspecified atom stereocenters. The molecule has 2 aromatic carbocycles. The van der Waals surface area contributed by atoms with E-state index >= 15 is 0 Å². The van der Waals surface area contributed by atoms with Gasteiger partial charge in [-0.15, -0.1) is 0 Å². The Morgan fingerprint density at radius 1 is 0.840 bits per heavy atom. The van der Waals surface area contributed by atoms with Crippen molar-refractivity contribution in [3.63, 3.8) is 0 Å². The van der Waals surface area contributed by atoms with Crippen LogP contribution in [0.2, 0.25) is 0 Å². The van der Waals surface area contributed by atoms with E-state index in [1.54, 1.807) is 24.3 Å². The number of phenols is 2. The number of carbonyl (C=O) groups excluding carboxylic acids is 1. The molecule has 2 rings (SSSR count). The van der Waals surface area contributed by atoms with Crippen LogP contribution in [0.3, 0.4) is 0 Å². The Morgan fingerprint density at radius 3 is 1.68 bits per heavy atom. The van der Waals surface area contributed by atoms with Gasteiger partial charge in [0.05, 0.1) is 0 Å². The van der Waals surface area contributed by atoms with Crippen LogP contribution < -0.4 is 5.32 Å². The Morgan fingerprint density at radius 2 is 1.28 bits per heavy atom. The first-order valence-corrected chi connectivity index (χ1v) is 8.39. The Labute approximate surface area is 149 Å². The van der Waals surface area contributed by atoms with E-state index in [2.05, 4.69) is 5.32 Å². The number of amides is 1. The highest BCUT2D eigenvalue weighted by atomic mass is 16.3. The van der Waals surface area contributed by atoms with Crippen molar-refractivity contribution in [2.75, 3.05) is 5.32 Å². The van der Waals surface area contributed by atoms with Crippen molar-refractivity contribution < 1.29 is 15.0 Å². The minimum absolute atomic E-state index is 0.0613.